The smallest absolute Gasteiger partial charge is 0.252 e. The van der Waals surface area contributed by atoms with Crippen molar-refractivity contribution in [3.8, 4) is 5.75 Å². The molecule has 2 aromatic rings. The number of rotatable bonds is 8. The molecule has 1 aromatic carbocycles. The van der Waals surface area contributed by atoms with Gasteiger partial charge in [0.05, 0.1) is 23.6 Å². The largest absolute Gasteiger partial charge is 0.491 e. The second-order valence-electron chi connectivity index (χ2n) is 5.89. The molecule has 0 saturated heterocycles. The van der Waals surface area contributed by atoms with E-state index in [1.165, 1.54) is 0 Å². The number of pyridine rings is 1. The van der Waals surface area contributed by atoms with Crippen molar-refractivity contribution in [1.82, 2.24) is 10.3 Å². The molecule has 0 unspecified atom stereocenters. The Morgan fingerprint density at radius 1 is 1.17 bits per heavy atom. The molecule has 2 rings (SSSR count). The summed E-state index contributed by atoms with van der Waals surface area (Å²) in [7, 11) is 0. The van der Waals surface area contributed by atoms with Crippen LogP contribution in [0.5, 0.6) is 5.75 Å². The van der Waals surface area contributed by atoms with Gasteiger partial charge in [-0.25, -0.2) is 0 Å². The molecule has 24 heavy (non-hydrogen) atoms. The number of anilines is 2. The predicted molar refractivity (Wildman–Crippen MR) is 97.0 cm³/mol. The molecule has 1 aromatic heterocycles. The van der Waals surface area contributed by atoms with Gasteiger partial charge < -0.3 is 15.4 Å². The molecule has 0 saturated carbocycles. The van der Waals surface area contributed by atoms with E-state index >= 15 is 0 Å². The molecule has 5 nitrogen and oxygen atoms in total. The summed E-state index contributed by atoms with van der Waals surface area (Å²) in [4.78, 5) is 16.2. The summed E-state index contributed by atoms with van der Waals surface area (Å²) in [6, 6.07) is 9.50. The highest BCUT2D eigenvalue weighted by Gasteiger charge is 2.06. The van der Waals surface area contributed by atoms with Gasteiger partial charge in [0.2, 0.25) is 0 Å². The van der Waals surface area contributed by atoms with Gasteiger partial charge in [-0.3, -0.25) is 9.78 Å². The fourth-order valence-electron chi connectivity index (χ4n) is 2.17. The van der Waals surface area contributed by atoms with Gasteiger partial charge in [-0.15, -0.1) is 0 Å². The molecular weight excluding hydrogens is 302 g/mol. The van der Waals surface area contributed by atoms with Crippen LogP contribution in [-0.4, -0.2) is 23.5 Å². The summed E-state index contributed by atoms with van der Waals surface area (Å²) < 4.78 is 5.62. The van der Waals surface area contributed by atoms with Crippen molar-refractivity contribution in [2.45, 2.75) is 39.7 Å². The van der Waals surface area contributed by atoms with Crippen molar-refractivity contribution in [2.24, 2.45) is 0 Å². The molecule has 2 N–H and O–H groups in total. The molecular formula is C19H25N3O2. The van der Waals surface area contributed by atoms with Crippen LogP contribution in [0.25, 0.3) is 0 Å². The highest BCUT2D eigenvalue weighted by molar-refractivity contribution is 5.94. The van der Waals surface area contributed by atoms with Crippen molar-refractivity contribution in [1.29, 1.82) is 0 Å². The molecule has 0 radical (unpaired) electrons. The van der Waals surface area contributed by atoms with Gasteiger partial charge in [-0.2, -0.15) is 0 Å². The molecule has 0 atom stereocenters. The van der Waals surface area contributed by atoms with Crippen LogP contribution in [0.2, 0.25) is 0 Å². The van der Waals surface area contributed by atoms with Crippen LogP contribution in [0.1, 0.15) is 44.0 Å². The molecule has 0 bridgehead atoms. The van der Waals surface area contributed by atoms with Crippen molar-refractivity contribution in [3.63, 3.8) is 0 Å². The maximum atomic E-state index is 12.1. The first-order chi connectivity index (χ1) is 11.6. The minimum atomic E-state index is -0.0970. The van der Waals surface area contributed by atoms with E-state index in [0.29, 0.717) is 12.1 Å². The molecule has 5 heteroatoms. The molecule has 0 aliphatic carbocycles. The molecule has 128 valence electrons. The zero-order valence-electron chi connectivity index (χ0n) is 14.5. The number of hydrogen-bond acceptors (Lipinski definition) is 4. The van der Waals surface area contributed by atoms with Gasteiger partial charge in [0.1, 0.15) is 5.75 Å². The van der Waals surface area contributed by atoms with E-state index in [2.05, 4.69) is 22.5 Å². The Kier molecular flexibility index (Phi) is 6.61. The Morgan fingerprint density at radius 3 is 2.58 bits per heavy atom. The number of benzene rings is 1. The van der Waals surface area contributed by atoms with E-state index in [9.17, 15) is 4.79 Å². The Balaban J connectivity index is 1.99. The van der Waals surface area contributed by atoms with E-state index in [4.69, 9.17) is 4.74 Å². The number of aromatic nitrogens is 1. The quantitative estimate of drug-likeness (QED) is 0.715. The number of ether oxygens (including phenoxy) is 1. The molecule has 1 heterocycles. The lowest BCUT2D eigenvalue weighted by molar-refractivity contribution is 0.0953. The summed E-state index contributed by atoms with van der Waals surface area (Å²) in [5, 5.41) is 6.14. The maximum Gasteiger partial charge on any atom is 0.252 e. The third kappa shape index (κ3) is 5.57. The number of unbranched alkanes of at least 4 members (excludes halogenated alkanes) is 1. The van der Waals surface area contributed by atoms with Crippen LogP contribution < -0.4 is 15.4 Å². The Morgan fingerprint density at radius 2 is 1.92 bits per heavy atom. The molecule has 0 fully saturated rings. The topological polar surface area (TPSA) is 63.2 Å². The van der Waals surface area contributed by atoms with E-state index in [-0.39, 0.29) is 12.0 Å². The average Bonchev–Trinajstić information content (AvgIpc) is 2.56. The average molecular weight is 327 g/mol. The summed E-state index contributed by atoms with van der Waals surface area (Å²) in [5.41, 5.74) is 2.24. The molecule has 0 aliphatic rings. The maximum absolute atomic E-state index is 12.1. The van der Waals surface area contributed by atoms with Crippen LogP contribution in [0.15, 0.2) is 42.7 Å². The number of carbonyl (C=O) groups excluding carboxylic acids is 1. The SMILES string of the molecule is CCCCNC(=O)c1cncc(Nc2ccc(OC(C)C)cc2)c1. The van der Waals surface area contributed by atoms with Gasteiger partial charge in [-0.1, -0.05) is 13.3 Å². The van der Waals surface area contributed by atoms with E-state index in [1.807, 2.05) is 38.1 Å². The number of hydrogen-bond donors (Lipinski definition) is 2. The lowest BCUT2D eigenvalue weighted by atomic mass is 10.2. The number of amides is 1. The lowest BCUT2D eigenvalue weighted by Gasteiger charge is -2.11. The highest BCUT2D eigenvalue weighted by atomic mass is 16.5. The Bertz CT molecular complexity index is 654. The van der Waals surface area contributed by atoms with Gasteiger partial charge in [0.25, 0.3) is 5.91 Å². The lowest BCUT2D eigenvalue weighted by Crippen LogP contribution is -2.24. The Labute approximate surface area is 143 Å². The summed E-state index contributed by atoms with van der Waals surface area (Å²) in [6.45, 7) is 6.77. The van der Waals surface area contributed by atoms with E-state index in [1.54, 1.807) is 18.5 Å². The second-order valence-corrected chi connectivity index (χ2v) is 5.89. The first kappa shape index (κ1) is 17.8. The second kappa shape index (κ2) is 8.91. The van der Waals surface area contributed by atoms with Crippen LogP contribution in [0.4, 0.5) is 11.4 Å². The summed E-state index contributed by atoms with van der Waals surface area (Å²) in [6.07, 6.45) is 5.45. The number of nitrogens with one attached hydrogen (secondary N) is 2. The van der Waals surface area contributed by atoms with Crippen LogP contribution in [-0.2, 0) is 0 Å². The summed E-state index contributed by atoms with van der Waals surface area (Å²) >= 11 is 0. The van der Waals surface area contributed by atoms with Crippen molar-refractivity contribution >= 4 is 17.3 Å². The zero-order valence-corrected chi connectivity index (χ0v) is 14.5. The van der Waals surface area contributed by atoms with Crippen molar-refractivity contribution in [3.05, 3.63) is 48.3 Å². The van der Waals surface area contributed by atoms with Crippen LogP contribution >= 0.6 is 0 Å². The molecule has 0 spiro atoms. The molecule has 1 amide bonds. The summed E-state index contributed by atoms with van der Waals surface area (Å²) in [5.74, 6) is 0.734. The van der Waals surface area contributed by atoms with Crippen LogP contribution in [0.3, 0.4) is 0 Å². The first-order valence-corrected chi connectivity index (χ1v) is 8.35. The third-order valence-corrected chi connectivity index (χ3v) is 3.33. The van der Waals surface area contributed by atoms with Crippen LogP contribution in [0, 0.1) is 0 Å². The minimum absolute atomic E-state index is 0.0970. The van der Waals surface area contributed by atoms with Crippen molar-refractivity contribution in [2.75, 3.05) is 11.9 Å². The monoisotopic (exact) mass is 327 g/mol. The number of carbonyl (C=O) groups is 1. The molecule has 0 aliphatic heterocycles. The van der Waals surface area contributed by atoms with Gasteiger partial charge in [0, 0.05) is 18.4 Å². The van der Waals surface area contributed by atoms with Gasteiger partial charge in [-0.05, 0) is 50.6 Å². The van der Waals surface area contributed by atoms with Gasteiger partial charge in [0.15, 0.2) is 0 Å². The zero-order chi connectivity index (χ0) is 17.4. The normalized spacial score (nSPS) is 10.5. The van der Waals surface area contributed by atoms with E-state index < -0.39 is 0 Å². The van der Waals surface area contributed by atoms with E-state index in [0.717, 1.165) is 30.0 Å². The highest BCUT2D eigenvalue weighted by Crippen LogP contribution is 2.21. The fourth-order valence-corrected chi connectivity index (χ4v) is 2.17. The van der Waals surface area contributed by atoms with Crippen molar-refractivity contribution < 1.29 is 9.53 Å². The predicted octanol–water partition coefficient (Wildman–Crippen LogP) is 4.14. The fraction of sp³-hybridized carbons (Fsp3) is 0.368. The Hall–Kier alpha value is -2.56. The minimum Gasteiger partial charge on any atom is -0.491 e. The first-order valence-electron chi connectivity index (χ1n) is 8.35. The number of nitrogens with zero attached hydrogens (tertiary/aromatic N) is 1. The van der Waals surface area contributed by atoms with Gasteiger partial charge >= 0.3 is 0 Å². The standard InChI is InChI=1S/C19H25N3O2/c1-4-5-10-21-19(23)15-11-17(13-20-12-15)22-16-6-8-18(9-7-16)24-14(2)3/h6-9,11-14,22H,4-5,10H2,1-3H3,(H,21,23). The third-order valence-electron chi connectivity index (χ3n) is 3.33.